The van der Waals surface area contributed by atoms with E-state index in [0.717, 1.165) is 36.5 Å². The quantitative estimate of drug-likeness (QED) is 0.680. The third kappa shape index (κ3) is 3.35. The fourth-order valence-corrected chi connectivity index (χ4v) is 3.41. The van der Waals surface area contributed by atoms with Crippen molar-refractivity contribution in [1.82, 2.24) is 9.88 Å². The van der Waals surface area contributed by atoms with Crippen LogP contribution in [-0.2, 0) is 0 Å². The molecule has 0 radical (unpaired) electrons. The van der Waals surface area contributed by atoms with Gasteiger partial charge in [0.1, 0.15) is 5.75 Å². The summed E-state index contributed by atoms with van der Waals surface area (Å²) in [5.74, 6) is 3.16. The van der Waals surface area contributed by atoms with Gasteiger partial charge in [0.25, 0.3) is 0 Å². The number of nitrogens with zero attached hydrogens (tertiary/aromatic N) is 2. The molecular weight excluding hydrogens is 282 g/mol. The van der Waals surface area contributed by atoms with Crippen LogP contribution in [0.15, 0.2) is 34.3 Å². The van der Waals surface area contributed by atoms with Crippen molar-refractivity contribution in [3.05, 3.63) is 24.3 Å². The van der Waals surface area contributed by atoms with Crippen LogP contribution in [0, 0.1) is 0 Å². The molecule has 1 aliphatic heterocycles. The van der Waals surface area contributed by atoms with E-state index < -0.39 is 0 Å². The molecule has 0 bridgehead atoms. The van der Waals surface area contributed by atoms with E-state index in [4.69, 9.17) is 4.74 Å². The maximum Gasteiger partial charge on any atom is 0.119 e. The first-order valence-electron chi connectivity index (χ1n) is 7.30. The topological polar surface area (TPSA) is 40.6 Å². The van der Waals surface area contributed by atoms with Crippen LogP contribution < -0.4 is 4.74 Å². The van der Waals surface area contributed by atoms with Crippen LogP contribution >= 0.6 is 11.8 Å². The monoisotopic (exact) mass is 303 g/mol. The molecule has 0 aliphatic carbocycles. The summed E-state index contributed by atoms with van der Waals surface area (Å²) in [6.07, 6.45) is 2.37. The zero-order chi connectivity index (χ0) is 14.7. The number of thioether (sulfide) groups is 1. The summed E-state index contributed by atoms with van der Waals surface area (Å²) in [5, 5.41) is 2.39. The maximum absolute atomic E-state index is 5.25. The average Bonchev–Trinajstić information content (AvgIpc) is 3.08. The molecule has 4 nitrogen and oxygen atoms in total. The summed E-state index contributed by atoms with van der Waals surface area (Å²) < 4.78 is 5.25. The number of aliphatic imine (C=N–C) groups is 1. The lowest BCUT2D eigenvalue weighted by Crippen LogP contribution is -2.19. The number of benzene rings is 1. The molecule has 0 unspecified atom stereocenters. The van der Waals surface area contributed by atoms with Crippen LogP contribution in [0.4, 0.5) is 0 Å². The number of aromatic amines is 1. The first-order chi connectivity index (χ1) is 10.3. The van der Waals surface area contributed by atoms with E-state index in [1.54, 1.807) is 7.11 Å². The molecule has 1 N–H and O–H groups in total. The zero-order valence-electron chi connectivity index (χ0n) is 12.6. The van der Waals surface area contributed by atoms with Crippen molar-refractivity contribution in [3.63, 3.8) is 0 Å². The highest BCUT2D eigenvalue weighted by Gasteiger charge is 2.13. The normalized spacial score (nSPS) is 17.0. The molecule has 0 spiro atoms. The molecule has 0 saturated carbocycles. The number of methoxy groups -OCH3 is 1. The second-order valence-electron chi connectivity index (χ2n) is 5.26. The SMILES string of the molecule is COc1ccc2[nH]c(SCC/N=C3\CCCN3C)cc2c1. The van der Waals surface area contributed by atoms with E-state index >= 15 is 0 Å². The summed E-state index contributed by atoms with van der Waals surface area (Å²) >= 11 is 1.82. The van der Waals surface area contributed by atoms with Gasteiger partial charge in [-0.05, 0) is 30.7 Å². The van der Waals surface area contributed by atoms with E-state index in [-0.39, 0.29) is 0 Å². The van der Waals surface area contributed by atoms with Crippen molar-refractivity contribution in [1.29, 1.82) is 0 Å². The highest BCUT2D eigenvalue weighted by atomic mass is 32.2. The minimum Gasteiger partial charge on any atom is -0.497 e. The van der Waals surface area contributed by atoms with Crippen LogP contribution in [0.5, 0.6) is 5.75 Å². The van der Waals surface area contributed by atoms with Gasteiger partial charge in [0, 0.05) is 36.7 Å². The average molecular weight is 303 g/mol. The van der Waals surface area contributed by atoms with Gasteiger partial charge in [0.2, 0.25) is 0 Å². The van der Waals surface area contributed by atoms with E-state index in [2.05, 4.69) is 40.1 Å². The molecule has 0 atom stereocenters. The summed E-state index contributed by atoms with van der Waals surface area (Å²) in [4.78, 5) is 10.4. The van der Waals surface area contributed by atoms with E-state index in [9.17, 15) is 0 Å². The van der Waals surface area contributed by atoms with Crippen LogP contribution in [0.2, 0.25) is 0 Å². The van der Waals surface area contributed by atoms with Crippen LogP contribution in [0.3, 0.4) is 0 Å². The Hall–Kier alpha value is -1.62. The second kappa shape index (κ2) is 6.43. The minimum atomic E-state index is 0.878. The molecule has 1 saturated heterocycles. The Morgan fingerprint density at radius 2 is 2.29 bits per heavy atom. The molecule has 1 fully saturated rings. The zero-order valence-corrected chi connectivity index (χ0v) is 13.4. The number of hydrogen-bond donors (Lipinski definition) is 1. The molecule has 3 rings (SSSR count). The van der Waals surface area contributed by atoms with Gasteiger partial charge in [-0.15, -0.1) is 11.8 Å². The number of rotatable bonds is 5. The Kier molecular flexibility index (Phi) is 4.39. The fourth-order valence-electron chi connectivity index (χ4n) is 2.61. The van der Waals surface area contributed by atoms with Crippen molar-refractivity contribution in [2.75, 3.05) is 33.0 Å². The van der Waals surface area contributed by atoms with Gasteiger partial charge in [-0.3, -0.25) is 4.99 Å². The van der Waals surface area contributed by atoms with Gasteiger partial charge in [-0.25, -0.2) is 0 Å². The lowest BCUT2D eigenvalue weighted by molar-refractivity contribution is 0.415. The molecule has 21 heavy (non-hydrogen) atoms. The van der Waals surface area contributed by atoms with Gasteiger partial charge >= 0.3 is 0 Å². The fraction of sp³-hybridized carbons (Fsp3) is 0.438. The van der Waals surface area contributed by atoms with Crippen LogP contribution in [0.25, 0.3) is 10.9 Å². The van der Waals surface area contributed by atoms with Crippen molar-refractivity contribution >= 4 is 28.5 Å². The lowest BCUT2D eigenvalue weighted by atomic mass is 10.2. The van der Waals surface area contributed by atoms with E-state index in [1.165, 1.54) is 22.7 Å². The van der Waals surface area contributed by atoms with Gasteiger partial charge < -0.3 is 14.6 Å². The number of nitrogens with one attached hydrogen (secondary N) is 1. The van der Waals surface area contributed by atoms with Crippen molar-refractivity contribution < 1.29 is 4.74 Å². The number of hydrogen-bond acceptors (Lipinski definition) is 3. The number of likely N-dealkylation sites (tertiary alicyclic amines) is 1. The Labute approximate surface area is 129 Å². The molecule has 1 aromatic heterocycles. The molecule has 2 aromatic rings. The number of fused-ring (bicyclic) bond motifs is 1. The molecule has 1 aliphatic rings. The molecule has 1 aromatic carbocycles. The third-order valence-corrected chi connectivity index (χ3v) is 4.70. The van der Waals surface area contributed by atoms with Gasteiger partial charge in [0.15, 0.2) is 0 Å². The molecule has 0 amide bonds. The number of aromatic nitrogens is 1. The molecule has 2 heterocycles. The number of ether oxygens (including phenoxy) is 1. The summed E-state index contributed by atoms with van der Waals surface area (Å²) in [6.45, 7) is 2.03. The van der Waals surface area contributed by atoms with Crippen molar-refractivity contribution in [3.8, 4) is 5.75 Å². The largest absolute Gasteiger partial charge is 0.497 e. The third-order valence-electron chi connectivity index (χ3n) is 3.78. The summed E-state index contributed by atoms with van der Waals surface area (Å²) in [6, 6.07) is 8.28. The molecule has 5 heteroatoms. The molecular formula is C16H21N3OS. The minimum absolute atomic E-state index is 0.878. The predicted octanol–water partition coefficient (Wildman–Crippen LogP) is 3.39. The summed E-state index contributed by atoms with van der Waals surface area (Å²) in [5.41, 5.74) is 1.15. The highest BCUT2D eigenvalue weighted by Crippen LogP contribution is 2.26. The number of H-pyrrole nitrogens is 1. The van der Waals surface area contributed by atoms with Gasteiger partial charge in [0.05, 0.1) is 24.5 Å². The summed E-state index contributed by atoms with van der Waals surface area (Å²) in [7, 11) is 3.83. The first kappa shape index (κ1) is 14.3. The van der Waals surface area contributed by atoms with E-state index in [1.807, 2.05) is 17.8 Å². The Morgan fingerprint density at radius 1 is 1.38 bits per heavy atom. The predicted molar refractivity (Wildman–Crippen MR) is 89.7 cm³/mol. The smallest absolute Gasteiger partial charge is 0.119 e. The van der Waals surface area contributed by atoms with Crippen LogP contribution in [-0.4, -0.2) is 48.7 Å². The standard InChI is InChI=1S/C16H21N3OS/c1-19-8-3-4-15(19)17-7-9-21-16-11-12-10-13(20-2)5-6-14(12)18-16/h5-6,10-11,18H,3-4,7-9H2,1-2H3/b17-15+. The first-order valence-corrected chi connectivity index (χ1v) is 8.29. The van der Waals surface area contributed by atoms with Crippen molar-refractivity contribution in [2.24, 2.45) is 4.99 Å². The highest BCUT2D eigenvalue weighted by molar-refractivity contribution is 7.99. The lowest BCUT2D eigenvalue weighted by Gasteiger charge is -2.10. The maximum atomic E-state index is 5.25. The van der Waals surface area contributed by atoms with Crippen LogP contribution in [0.1, 0.15) is 12.8 Å². The Morgan fingerprint density at radius 3 is 3.05 bits per heavy atom. The van der Waals surface area contributed by atoms with Gasteiger partial charge in [-0.2, -0.15) is 0 Å². The second-order valence-corrected chi connectivity index (χ2v) is 6.40. The van der Waals surface area contributed by atoms with E-state index in [0.29, 0.717) is 0 Å². The Bertz CT molecular complexity index is 650. The number of amidine groups is 1. The van der Waals surface area contributed by atoms with Gasteiger partial charge in [-0.1, -0.05) is 0 Å². The Balaban J connectivity index is 1.58. The molecule has 112 valence electrons. The van der Waals surface area contributed by atoms with Crippen molar-refractivity contribution in [2.45, 2.75) is 17.9 Å².